The first kappa shape index (κ1) is 17.0. The fraction of sp³-hybridized carbons (Fsp3) is 0.400. The molecule has 1 aliphatic heterocycles. The van der Waals surface area contributed by atoms with Gasteiger partial charge >= 0.3 is 0 Å². The van der Waals surface area contributed by atoms with Crippen LogP contribution in [0.25, 0.3) is 6.08 Å². The molecule has 1 N–H and O–H groups in total. The van der Waals surface area contributed by atoms with E-state index in [0.29, 0.717) is 19.8 Å². The maximum Gasteiger partial charge on any atom is 0.129 e. The maximum absolute atomic E-state index is 10.1. The van der Waals surface area contributed by atoms with Crippen molar-refractivity contribution in [2.45, 2.75) is 25.6 Å². The van der Waals surface area contributed by atoms with Crippen LogP contribution in [0.15, 0.2) is 58.7 Å². The Morgan fingerprint density at radius 2 is 1.92 bits per heavy atom. The number of hydrogen-bond acceptors (Lipinski definition) is 4. The lowest BCUT2D eigenvalue weighted by molar-refractivity contribution is 0.00410. The minimum atomic E-state index is -0.459. The number of aliphatic hydroxyl groups excluding tert-OH is 1. The number of hydrogen-bond donors (Lipinski definition) is 1. The molecule has 24 heavy (non-hydrogen) atoms. The molecule has 4 nitrogen and oxygen atoms in total. The van der Waals surface area contributed by atoms with E-state index in [-0.39, 0.29) is 0 Å². The molecule has 3 rings (SSSR count). The SMILES string of the molecule is OC(COCc1ccco1)CN1CCC(=Cc2ccccc2)CC1. The molecule has 1 unspecified atom stereocenters. The summed E-state index contributed by atoms with van der Waals surface area (Å²) in [5.41, 5.74) is 2.76. The molecular weight excluding hydrogens is 302 g/mol. The normalized spacial score (nSPS) is 17.0. The Bertz CT molecular complexity index is 612. The first-order valence-electron chi connectivity index (χ1n) is 8.54. The quantitative estimate of drug-likeness (QED) is 0.847. The zero-order valence-corrected chi connectivity index (χ0v) is 13.9. The minimum Gasteiger partial charge on any atom is -0.467 e. The van der Waals surface area contributed by atoms with Crippen LogP contribution in [0.1, 0.15) is 24.2 Å². The third-order valence-corrected chi connectivity index (χ3v) is 4.27. The fourth-order valence-corrected chi connectivity index (χ4v) is 2.99. The van der Waals surface area contributed by atoms with Gasteiger partial charge in [0, 0.05) is 19.6 Å². The van der Waals surface area contributed by atoms with Gasteiger partial charge in [-0.3, -0.25) is 0 Å². The Balaban J connectivity index is 1.36. The monoisotopic (exact) mass is 327 g/mol. The zero-order chi connectivity index (χ0) is 16.6. The van der Waals surface area contributed by atoms with Gasteiger partial charge in [-0.1, -0.05) is 42.0 Å². The highest BCUT2D eigenvalue weighted by Crippen LogP contribution is 2.19. The van der Waals surface area contributed by atoms with Gasteiger partial charge < -0.3 is 19.2 Å². The summed E-state index contributed by atoms with van der Waals surface area (Å²) in [6, 6.07) is 14.2. The number of aliphatic hydroxyl groups is 1. The van der Waals surface area contributed by atoms with Gasteiger partial charge in [-0.05, 0) is 30.5 Å². The molecule has 1 atom stereocenters. The lowest BCUT2D eigenvalue weighted by Gasteiger charge is -2.30. The van der Waals surface area contributed by atoms with E-state index in [1.807, 2.05) is 18.2 Å². The van der Waals surface area contributed by atoms with Crippen LogP contribution >= 0.6 is 0 Å². The number of rotatable bonds is 7. The molecule has 0 spiro atoms. The van der Waals surface area contributed by atoms with Crippen LogP contribution in [0, 0.1) is 0 Å². The molecule has 1 aliphatic rings. The van der Waals surface area contributed by atoms with Crippen LogP contribution in [-0.4, -0.2) is 42.4 Å². The maximum atomic E-state index is 10.1. The van der Waals surface area contributed by atoms with Crippen molar-refractivity contribution in [2.75, 3.05) is 26.2 Å². The highest BCUT2D eigenvalue weighted by molar-refractivity contribution is 5.52. The van der Waals surface area contributed by atoms with Gasteiger partial charge in [0.1, 0.15) is 12.4 Å². The fourth-order valence-electron chi connectivity index (χ4n) is 2.99. The van der Waals surface area contributed by atoms with Crippen molar-refractivity contribution in [3.05, 3.63) is 65.6 Å². The van der Waals surface area contributed by atoms with E-state index >= 15 is 0 Å². The van der Waals surface area contributed by atoms with Crippen molar-refractivity contribution in [1.82, 2.24) is 4.90 Å². The van der Waals surface area contributed by atoms with Crippen molar-refractivity contribution in [2.24, 2.45) is 0 Å². The van der Waals surface area contributed by atoms with Crippen molar-refractivity contribution in [1.29, 1.82) is 0 Å². The number of piperidine rings is 1. The van der Waals surface area contributed by atoms with Gasteiger partial charge in [-0.2, -0.15) is 0 Å². The van der Waals surface area contributed by atoms with Crippen LogP contribution < -0.4 is 0 Å². The molecule has 0 amide bonds. The van der Waals surface area contributed by atoms with Gasteiger partial charge in [-0.15, -0.1) is 0 Å². The second kappa shape index (κ2) is 8.83. The minimum absolute atomic E-state index is 0.337. The summed E-state index contributed by atoms with van der Waals surface area (Å²) in [5, 5.41) is 10.1. The van der Waals surface area contributed by atoms with Gasteiger partial charge in [0.05, 0.1) is 19.0 Å². The molecule has 0 bridgehead atoms. The summed E-state index contributed by atoms with van der Waals surface area (Å²) in [6.45, 7) is 3.40. The van der Waals surface area contributed by atoms with E-state index < -0.39 is 6.10 Å². The van der Waals surface area contributed by atoms with Crippen LogP contribution in [0.5, 0.6) is 0 Å². The third-order valence-electron chi connectivity index (χ3n) is 4.27. The highest BCUT2D eigenvalue weighted by atomic mass is 16.5. The van der Waals surface area contributed by atoms with Crippen molar-refractivity contribution >= 4 is 6.08 Å². The molecule has 1 fully saturated rings. The van der Waals surface area contributed by atoms with Crippen molar-refractivity contribution in [3.63, 3.8) is 0 Å². The van der Waals surface area contributed by atoms with E-state index in [2.05, 4.69) is 35.2 Å². The van der Waals surface area contributed by atoms with Crippen LogP contribution in [0.4, 0.5) is 0 Å². The average molecular weight is 327 g/mol. The molecule has 128 valence electrons. The second-order valence-electron chi connectivity index (χ2n) is 6.26. The second-order valence-corrected chi connectivity index (χ2v) is 6.26. The summed E-state index contributed by atoms with van der Waals surface area (Å²) in [6.07, 6.45) is 5.59. The Hall–Kier alpha value is -1.88. The lowest BCUT2D eigenvalue weighted by atomic mass is 10.0. The summed E-state index contributed by atoms with van der Waals surface area (Å²) in [7, 11) is 0. The van der Waals surface area contributed by atoms with Crippen LogP contribution in [0.3, 0.4) is 0 Å². The number of likely N-dealkylation sites (tertiary alicyclic amines) is 1. The van der Waals surface area contributed by atoms with E-state index in [1.54, 1.807) is 6.26 Å². The Morgan fingerprint density at radius 3 is 2.62 bits per heavy atom. The summed E-state index contributed by atoms with van der Waals surface area (Å²) >= 11 is 0. The molecule has 0 aliphatic carbocycles. The van der Waals surface area contributed by atoms with Gasteiger partial charge in [-0.25, -0.2) is 0 Å². The predicted molar refractivity (Wildman–Crippen MR) is 94.5 cm³/mol. The first-order chi connectivity index (χ1) is 11.8. The standard InChI is InChI=1S/C20H25NO3/c22-19(15-23-16-20-7-4-12-24-20)14-21-10-8-18(9-11-21)13-17-5-2-1-3-6-17/h1-7,12-13,19,22H,8-11,14-16H2. The average Bonchev–Trinajstić information content (AvgIpc) is 3.11. The van der Waals surface area contributed by atoms with Gasteiger partial charge in [0.25, 0.3) is 0 Å². The zero-order valence-electron chi connectivity index (χ0n) is 13.9. The lowest BCUT2D eigenvalue weighted by Crippen LogP contribution is -2.38. The van der Waals surface area contributed by atoms with Crippen LogP contribution in [0.2, 0.25) is 0 Å². The molecule has 0 saturated carbocycles. The molecule has 1 saturated heterocycles. The third kappa shape index (κ3) is 5.34. The topological polar surface area (TPSA) is 45.8 Å². The number of furan rings is 1. The van der Waals surface area contributed by atoms with Crippen molar-refractivity contribution < 1.29 is 14.3 Å². The van der Waals surface area contributed by atoms with E-state index in [1.165, 1.54) is 11.1 Å². The van der Waals surface area contributed by atoms with E-state index in [9.17, 15) is 5.11 Å². The Morgan fingerprint density at radius 1 is 1.12 bits per heavy atom. The van der Waals surface area contributed by atoms with E-state index in [4.69, 9.17) is 9.15 Å². The molecular formula is C20H25NO3. The molecule has 0 radical (unpaired) electrons. The first-order valence-corrected chi connectivity index (χ1v) is 8.54. The largest absolute Gasteiger partial charge is 0.467 e. The smallest absolute Gasteiger partial charge is 0.129 e. The van der Waals surface area contributed by atoms with E-state index in [0.717, 1.165) is 31.7 Å². The summed E-state index contributed by atoms with van der Waals surface area (Å²) in [5.74, 6) is 0.788. The number of nitrogens with zero attached hydrogens (tertiary/aromatic N) is 1. The molecule has 2 aromatic rings. The number of ether oxygens (including phenoxy) is 1. The van der Waals surface area contributed by atoms with Crippen LogP contribution in [-0.2, 0) is 11.3 Å². The predicted octanol–water partition coefficient (Wildman–Crippen LogP) is 3.34. The van der Waals surface area contributed by atoms with Gasteiger partial charge in [0.2, 0.25) is 0 Å². The van der Waals surface area contributed by atoms with Gasteiger partial charge in [0.15, 0.2) is 0 Å². The number of β-amino-alcohol motifs (C(OH)–C–C–N with tert-alkyl or cyclic N) is 1. The molecule has 1 aromatic carbocycles. The number of benzene rings is 1. The summed E-state index contributed by atoms with van der Waals surface area (Å²) < 4.78 is 10.7. The van der Waals surface area contributed by atoms with Crippen molar-refractivity contribution in [3.8, 4) is 0 Å². The Labute approximate surface area is 143 Å². The summed E-state index contributed by atoms with van der Waals surface area (Å²) in [4.78, 5) is 2.31. The molecule has 1 aromatic heterocycles. The molecule has 4 heteroatoms. The Kier molecular flexibility index (Phi) is 6.24. The highest BCUT2D eigenvalue weighted by Gasteiger charge is 2.17. The molecule has 2 heterocycles.